The molecule has 1 amide bonds. The molecule has 0 bridgehead atoms. The maximum atomic E-state index is 11.7. The number of rotatable bonds is 7. The van der Waals surface area contributed by atoms with Crippen molar-refractivity contribution >= 4 is 17.3 Å². The molecule has 5 heteroatoms. The number of hydrogen-bond donors (Lipinski definition) is 3. The van der Waals surface area contributed by atoms with Gasteiger partial charge in [-0.05, 0) is 30.2 Å². The van der Waals surface area contributed by atoms with Crippen LogP contribution in [0.25, 0.3) is 0 Å². The standard InChI is InChI=1S/C15H24N2O3/c1-11(2)14(19)10-15(20)16-12-4-6-13(7-5-12)17(3)8-9-18/h4-7,11,14,18-19H,8-10H2,1-3H3,(H,16,20). The van der Waals surface area contributed by atoms with E-state index in [1.165, 1.54) is 0 Å². The Balaban J connectivity index is 2.55. The van der Waals surface area contributed by atoms with Crippen LogP contribution in [0.4, 0.5) is 11.4 Å². The Morgan fingerprint density at radius 1 is 1.30 bits per heavy atom. The van der Waals surface area contributed by atoms with E-state index in [4.69, 9.17) is 5.11 Å². The molecule has 0 aliphatic heterocycles. The summed E-state index contributed by atoms with van der Waals surface area (Å²) in [6.45, 7) is 4.42. The lowest BCUT2D eigenvalue weighted by Crippen LogP contribution is -2.24. The molecule has 5 nitrogen and oxygen atoms in total. The van der Waals surface area contributed by atoms with Gasteiger partial charge in [0.2, 0.25) is 5.91 Å². The second kappa shape index (κ2) is 7.87. The number of carbonyl (C=O) groups is 1. The van der Waals surface area contributed by atoms with Gasteiger partial charge in [0, 0.05) is 25.0 Å². The van der Waals surface area contributed by atoms with Gasteiger partial charge in [0.15, 0.2) is 0 Å². The molecule has 0 aliphatic carbocycles. The zero-order valence-electron chi connectivity index (χ0n) is 12.3. The summed E-state index contributed by atoms with van der Waals surface area (Å²) >= 11 is 0. The summed E-state index contributed by atoms with van der Waals surface area (Å²) in [5.41, 5.74) is 1.67. The highest BCUT2D eigenvalue weighted by atomic mass is 16.3. The van der Waals surface area contributed by atoms with E-state index in [0.29, 0.717) is 12.2 Å². The SMILES string of the molecule is CC(C)C(O)CC(=O)Nc1ccc(N(C)CCO)cc1. The Morgan fingerprint density at radius 3 is 2.40 bits per heavy atom. The number of aliphatic hydroxyl groups is 2. The van der Waals surface area contributed by atoms with Gasteiger partial charge in [-0.2, -0.15) is 0 Å². The Hall–Kier alpha value is -1.59. The maximum absolute atomic E-state index is 11.7. The largest absolute Gasteiger partial charge is 0.395 e. The molecule has 0 saturated heterocycles. The van der Waals surface area contributed by atoms with E-state index in [2.05, 4.69) is 5.32 Å². The number of nitrogens with zero attached hydrogens (tertiary/aromatic N) is 1. The molecule has 0 spiro atoms. The Morgan fingerprint density at radius 2 is 1.90 bits per heavy atom. The van der Waals surface area contributed by atoms with Gasteiger partial charge in [-0.15, -0.1) is 0 Å². The number of amides is 1. The zero-order chi connectivity index (χ0) is 15.1. The molecule has 0 radical (unpaired) electrons. The smallest absolute Gasteiger partial charge is 0.226 e. The van der Waals surface area contributed by atoms with Crippen LogP contribution in [0.3, 0.4) is 0 Å². The number of anilines is 2. The van der Waals surface area contributed by atoms with Crippen LogP contribution in [0.5, 0.6) is 0 Å². The highest BCUT2D eigenvalue weighted by Crippen LogP contribution is 2.17. The fraction of sp³-hybridized carbons (Fsp3) is 0.533. The van der Waals surface area contributed by atoms with E-state index in [0.717, 1.165) is 5.69 Å². The maximum Gasteiger partial charge on any atom is 0.226 e. The zero-order valence-corrected chi connectivity index (χ0v) is 12.3. The van der Waals surface area contributed by atoms with E-state index >= 15 is 0 Å². The number of aliphatic hydroxyl groups excluding tert-OH is 2. The molecule has 3 N–H and O–H groups in total. The summed E-state index contributed by atoms with van der Waals surface area (Å²) in [5, 5.41) is 21.3. The number of likely N-dealkylation sites (N-methyl/N-ethyl adjacent to an activating group) is 1. The van der Waals surface area contributed by atoms with Crippen molar-refractivity contribution in [3.05, 3.63) is 24.3 Å². The summed E-state index contributed by atoms with van der Waals surface area (Å²) in [5.74, 6) is -0.127. The quantitative estimate of drug-likeness (QED) is 0.707. The summed E-state index contributed by atoms with van der Waals surface area (Å²) in [7, 11) is 1.89. The van der Waals surface area contributed by atoms with Gasteiger partial charge in [0.05, 0.1) is 19.1 Å². The fourth-order valence-electron chi connectivity index (χ4n) is 1.72. The molecular formula is C15H24N2O3. The number of benzene rings is 1. The topological polar surface area (TPSA) is 72.8 Å². The van der Waals surface area contributed by atoms with Gasteiger partial charge in [0.1, 0.15) is 0 Å². The van der Waals surface area contributed by atoms with Crippen molar-refractivity contribution in [2.45, 2.75) is 26.4 Å². The Kier molecular flexibility index (Phi) is 6.48. The molecule has 0 heterocycles. The van der Waals surface area contributed by atoms with Crippen LogP contribution in [0, 0.1) is 5.92 Å². The normalized spacial score (nSPS) is 12.3. The van der Waals surface area contributed by atoms with Crippen LogP contribution >= 0.6 is 0 Å². The first-order valence-electron chi connectivity index (χ1n) is 6.84. The Labute approximate surface area is 120 Å². The van der Waals surface area contributed by atoms with Crippen LogP contribution in [-0.2, 0) is 4.79 Å². The monoisotopic (exact) mass is 280 g/mol. The summed E-state index contributed by atoms with van der Waals surface area (Å²) in [6.07, 6.45) is -0.519. The second-order valence-corrected chi connectivity index (χ2v) is 5.26. The van der Waals surface area contributed by atoms with Crippen molar-refractivity contribution < 1.29 is 15.0 Å². The minimum absolute atomic E-state index is 0.0651. The first-order chi connectivity index (χ1) is 9.43. The molecule has 0 aromatic heterocycles. The lowest BCUT2D eigenvalue weighted by molar-refractivity contribution is -0.118. The lowest BCUT2D eigenvalue weighted by atomic mass is 10.0. The van der Waals surface area contributed by atoms with Crippen LogP contribution in [0.2, 0.25) is 0 Å². The molecule has 1 unspecified atom stereocenters. The highest BCUT2D eigenvalue weighted by Gasteiger charge is 2.14. The van der Waals surface area contributed by atoms with E-state index in [1.807, 2.05) is 50.1 Å². The third kappa shape index (κ3) is 5.19. The molecule has 1 aromatic carbocycles. The molecule has 0 fully saturated rings. The van der Waals surface area contributed by atoms with Gasteiger partial charge in [0.25, 0.3) is 0 Å². The van der Waals surface area contributed by atoms with E-state index in [-0.39, 0.29) is 24.9 Å². The molecule has 112 valence electrons. The minimum Gasteiger partial charge on any atom is -0.395 e. The number of nitrogens with one attached hydrogen (secondary N) is 1. The van der Waals surface area contributed by atoms with Gasteiger partial charge < -0.3 is 20.4 Å². The summed E-state index contributed by atoms with van der Waals surface area (Å²) in [6, 6.07) is 7.38. The fourth-order valence-corrected chi connectivity index (χ4v) is 1.72. The first-order valence-corrected chi connectivity index (χ1v) is 6.84. The first kappa shape index (κ1) is 16.5. The van der Waals surface area contributed by atoms with Crippen LogP contribution < -0.4 is 10.2 Å². The van der Waals surface area contributed by atoms with E-state index < -0.39 is 6.10 Å². The second-order valence-electron chi connectivity index (χ2n) is 5.26. The van der Waals surface area contributed by atoms with Gasteiger partial charge in [-0.1, -0.05) is 13.8 Å². The lowest BCUT2D eigenvalue weighted by Gasteiger charge is -2.18. The third-order valence-electron chi connectivity index (χ3n) is 3.19. The van der Waals surface area contributed by atoms with Gasteiger partial charge >= 0.3 is 0 Å². The van der Waals surface area contributed by atoms with Crippen molar-refractivity contribution in [2.24, 2.45) is 5.92 Å². The van der Waals surface area contributed by atoms with Crippen molar-refractivity contribution in [2.75, 3.05) is 30.4 Å². The molecule has 1 atom stereocenters. The van der Waals surface area contributed by atoms with Crippen molar-refractivity contribution in [3.8, 4) is 0 Å². The molecule has 1 rings (SSSR count). The van der Waals surface area contributed by atoms with Crippen LogP contribution in [0.15, 0.2) is 24.3 Å². The van der Waals surface area contributed by atoms with Crippen molar-refractivity contribution in [3.63, 3.8) is 0 Å². The van der Waals surface area contributed by atoms with Gasteiger partial charge in [-0.3, -0.25) is 4.79 Å². The molecule has 0 aliphatic rings. The van der Waals surface area contributed by atoms with Crippen molar-refractivity contribution in [1.82, 2.24) is 0 Å². The predicted molar refractivity (Wildman–Crippen MR) is 80.9 cm³/mol. The molecular weight excluding hydrogens is 256 g/mol. The predicted octanol–water partition coefficient (Wildman–Crippen LogP) is 1.46. The van der Waals surface area contributed by atoms with E-state index in [9.17, 15) is 9.90 Å². The van der Waals surface area contributed by atoms with Crippen molar-refractivity contribution in [1.29, 1.82) is 0 Å². The number of carbonyl (C=O) groups excluding carboxylic acids is 1. The Bertz CT molecular complexity index is 418. The average molecular weight is 280 g/mol. The highest BCUT2D eigenvalue weighted by molar-refractivity contribution is 5.91. The molecule has 0 saturated carbocycles. The average Bonchev–Trinajstić information content (AvgIpc) is 2.39. The molecule has 20 heavy (non-hydrogen) atoms. The summed E-state index contributed by atoms with van der Waals surface area (Å²) in [4.78, 5) is 13.7. The third-order valence-corrected chi connectivity index (χ3v) is 3.19. The van der Waals surface area contributed by atoms with Crippen LogP contribution in [0.1, 0.15) is 20.3 Å². The van der Waals surface area contributed by atoms with E-state index in [1.54, 1.807) is 0 Å². The minimum atomic E-state index is -0.620. The van der Waals surface area contributed by atoms with Gasteiger partial charge in [-0.25, -0.2) is 0 Å². The number of hydrogen-bond acceptors (Lipinski definition) is 4. The molecule has 1 aromatic rings. The summed E-state index contributed by atoms with van der Waals surface area (Å²) < 4.78 is 0. The van der Waals surface area contributed by atoms with Crippen LogP contribution in [-0.4, -0.2) is 42.4 Å².